The quantitative estimate of drug-likeness (QED) is 0.325. The van der Waals surface area contributed by atoms with Gasteiger partial charge in [-0.2, -0.15) is 0 Å². The molecule has 9 heteroatoms. The summed E-state index contributed by atoms with van der Waals surface area (Å²) >= 11 is 1.34. The fourth-order valence-corrected chi connectivity index (χ4v) is 3.79. The van der Waals surface area contributed by atoms with Crippen molar-refractivity contribution in [1.82, 2.24) is 25.1 Å². The largest absolute Gasteiger partial charge is 0.467 e. The summed E-state index contributed by atoms with van der Waals surface area (Å²) in [5.74, 6) is 1.68. The summed E-state index contributed by atoms with van der Waals surface area (Å²) in [6.07, 6.45) is 3.57. The molecule has 3 aromatic heterocycles. The lowest BCUT2D eigenvalue weighted by molar-refractivity contribution is -0.118. The third-order valence-electron chi connectivity index (χ3n) is 4.40. The first-order chi connectivity index (χ1) is 14.3. The molecule has 0 bridgehead atoms. The lowest BCUT2D eigenvalue weighted by Gasteiger charge is -2.09. The van der Waals surface area contributed by atoms with Gasteiger partial charge in [-0.05, 0) is 18.2 Å². The number of rotatable bonds is 9. The number of carbonyl (C=O) groups excluding carboxylic acids is 1. The highest BCUT2D eigenvalue weighted by Crippen LogP contribution is 2.30. The van der Waals surface area contributed by atoms with Crippen LogP contribution in [0.15, 0.2) is 58.4 Å². The Morgan fingerprint density at radius 3 is 3.00 bits per heavy atom. The molecule has 0 saturated carbocycles. The molecular weight excluding hydrogens is 390 g/mol. The van der Waals surface area contributed by atoms with E-state index in [0.717, 1.165) is 28.1 Å². The van der Waals surface area contributed by atoms with E-state index >= 15 is 0 Å². The third kappa shape index (κ3) is 4.36. The van der Waals surface area contributed by atoms with E-state index in [1.54, 1.807) is 13.4 Å². The third-order valence-corrected chi connectivity index (χ3v) is 5.37. The molecule has 0 aliphatic carbocycles. The van der Waals surface area contributed by atoms with Crippen LogP contribution in [-0.2, 0) is 16.1 Å². The molecule has 0 spiro atoms. The number of furan rings is 1. The van der Waals surface area contributed by atoms with E-state index in [0.29, 0.717) is 24.9 Å². The monoisotopic (exact) mass is 411 g/mol. The fraction of sp³-hybridized carbons (Fsp3) is 0.250. The van der Waals surface area contributed by atoms with Crippen LogP contribution < -0.4 is 5.32 Å². The Morgan fingerprint density at radius 1 is 1.28 bits per heavy atom. The summed E-state index contributed by atoms with van der Waals surface area (Å²) in [5.41, 5.74) is 1.98. The van der Waals surface area contributed by atoms with Gasteiger partial charge in [-0.1, -0.05) is 30.0 Å². The molecule has 4 rings (SSSR count). The number of nitrogens with one attached hydrogen (secondary N) is 2. The SMILES string of the molecule is COCCNC(=O)CSc1nnc(-c2c[nH]c3ccccc23)n1Cc1ccco1. The zero-order chi connectivity index (χ0) is 20.1. The van der Waals surface area contributed by atoms with Crippen LogP contribution in [0.4, 0.5) is 0 Å². The number of thioether (sulfide) groups is 1. The average Bonchev–Trinajstić information content (AvgIpc) is 3.47. The Morgan fingerprint density at radius 2 is 2.17 bits per heavy atom. The minimum atomic E-state index is -0.0757. The number of ether oxygens (including phenoxy) is 1. The van der Waals surface area contributed by atoms with Gasteiger partial charge in [-0.15, -0.1) is 10.2 Å². The van der Waals surface area contributed by atoms with E-state index in [9.17, 15) is 4.79 Å². The molecule has 0 saturated heterocycles. The number of nitrogens with zero attached hydrogens (tertiary/aromatic N) is 3. The Kier molecular flexibility index (Phi) is 5.97. The second-order valence-corrected chi connectivity index (χ2v) is 7.29. The molecule has 0 aliphatic heterocycles. The number of amides is 1. The van der Waals surface area contributed by atoms with Crippen LogP contribution in [0, 0.1) is 0 Å². The number of carbonyl (C=O) groups is 1. The number of benzene rings is 1. The van der Waals surface area contributed by atoms with Crippen LogP contribution >= 0.6 is 11.8 Å². The highest BCUT2D eigenvalue weighted by atomic mass is 32.2. The average molecular weight is 411 g/mol. The number of methoxy groups -OCH3 is 1. The van der Waals surface area contributed by atoms with Crippen molar-refractivity contribution < 1.29 is 13.9 Å². The number of hydrogen-bond acceptors (Lipinski definition) is 6. The predicted octanol–water partition coefficient (Wildman–Crippen LogP) is 2.92. The molecule has 8 nitrogen and oxygen atoms in total. The van der Waals surface area contributed by atoms with Gasteiger partial charge in [0.2, 0.25) is 5.91 Å². The van der Waals surface area contributed by atoms with Gasteiger partial charge in [0.25, 0.3) is 0 Å². The zero-order valence-corrected chi connectivity index (χ0v) is 16.7. The number of hydrogen-bond donors (Lipinski definition) is 2. The maximum atomic E-state index is 12.1. The van der Waals surface area contributed by atoms with Crippen molar-refractivity contribution in [2.24, 2.45) is 0 Å². The second-order valence-electron chi connectivity index (χ2n) is 6.35. The molecule has 3 heterocycles. The Balaban J connectivity index is 1.61. The summed E-state index contributed by atoms with van der Waals surface area (Å²) < 4.78 is 12.5. The van der Waals surface area contributed by atoms with Crippen LogP contribution in [-0.4, -0.2) is 51.7 Å². The summed E-state index contributed by atoms with van der Waals surface area (Å²) in [6.45, 7) is 1.44. The molecule has 0 aliphatic rings. The lowest BCUT2D eigenvalue weighted by atomic mass is 10.1. The van der Waals surface area contributed by atoms with Crippen molar-refractivity contribution in [3.63, 3.8) is 0 Å². The van der Waals surface area contributed by atoms with Gasteiger partial charge >= 0.3 is 0 Å². The van der Waals surface area contributed by atoms with Crippen molar-refractivity contribution in [3.8, 4) is 11.4 Å². The van der Waals surface area contributed by atoms with E-state index in [4.69, 9.17) is 9.15 Å². The molecule has 4 aromatic rings. The minimum Gasteiger partial charge on any atom is -0.467 e. The summed E-state index contributed by atoms with van der Waals surface area (Å²) in [5, 5.41) is 13.3. The standard InChI is InChI=1S/C20H21N5O3S/c1-27-10-8-21-18(26)13-29-20-24-23-19(25(20)12-14-5-4-9-28-14)16-11-22-17-7-3-2-6-15(16)17/h2-7,9,11,22H,8,10,12-13H2,1H3,(H,21,26). The number of fused-ring (bicyclic) bond motifs is 1. The second kappa shape index (κ2) is 8.97. The van der Waals surface area contributed by atoms with Gasteiger partial charge in [-0.3, -0.25) is 9.36 Å². The number of para-hydroxylation sites is 1. The number of aromatic nitrogens is 4. The van der Waals surface area contributed by atoms with Crippen molar-refractivity contribution in [1.29, 1.82) is 0 Å². The fourth-order valence-electron chi connectivity index (χ4n) is 3.03. The maximum absolute atomic E-state index is 12.1. The summed E-state index contributed by atoms with van der Waals surface area (Å²) in [6, 6.07) is 11.8. The molecule has 0 unspecified atom stereocenters. The molecule has 0 fully saturated rings. The van der Waals surface area contributed by atoms with Gasteiger partial charge in [0.05, 0.1) is 25.2 Å². The van der Waals surface area contributed by atoms with Crippen molar-refractivity contribution in [3.05, 3.63) is 54.6 Å². The van der Waals surface area contributed by atoms with E-state index in [1.807, 2.05) is 47.2 Å². The lowest BCUT2D eigenvalue weighted by Crippen LogP contribution is -2.28. The van der Waals surface area contributed by atoms with E-state index < -0.39 is 0 Å². The van der Waals surface area contributed by atoms with Crippen LogP contribution in [0.5, 0.6) is 0 Å². The Hall–Kier alpha value is -3.04. The number of aromatic amines is 1. The molecule has 0 atom stereocenters. The molecule has 0 radical (unpaired) electrons. The first-order valence-corrected chi connectivity index (χ1v) is 10.2. The molecule has 1 aromatic carbocycles. The van der Waals surface area contributed by atoms with Gasteiger partial charge < -0.3 is 19.5 Å². The molecule has 2 N–H and O–H groups in total. The first-order valence-electron chi connectivity index (χ1n) is 9.17. The van der Waals surface area contributed by atoms with Crippen molar-refractivity contribution >= 4 is 28.6 Å². The predicted molar refractivity (Wildman–Crippen MR) is 111 cm³/mol. The van der Waals surface area contributed by atoms with Gasteiger partial charge in [0.1, 0.15) is 5.76 Å². The van der Waals surface area contributed by atoms with Crippen LogP contribution in [0.1, 0.15) is 5.76 Å². The summed E-state index contributed by atoms with van der Waals surface area (Å²) in [7, 11) is 1.60. The van der Waals surface area contributed by atoms with Gasteiger partial charge in [0, 0.05) is 36.3 Å². The van der Waals surface area contributed by atoms with E-state index in [-0.39, 0.29) is 11.7 Å². The van der Waals surface area contributed by atoms with Crippen LogP contribution in [0.2, 0.25) is 0 Å². The van der Waals surface area contributed by atoms with Gasteiger partial charge in [0.15, 0.2) is 11.0 Å². The molecule has 150 valence electrons. The van der Waals surface area contributed by atoms with Crippen LogP contribution in [0.3, 0.4) is 0 Å². The Bertz CT molecular complexity index is 1090. The van der Waals surface area contributed by atoms with Crippen molar-refractivity contribution in [2.75, 3.05) is 26.0 Å². The normalized spacial score (nSPS) is 11.2. The maximum Gasteiger partial charge on any atom is 0.230 e. The Labute approximate surface area is 171 Å². The van der Waals surface area contributed by atoms with Crippen LogP contribution in [0.25, 0.3) is 22.3 Å². The van der Waals surface area contributed by atoms with E-state index in [1.165, 1.54) is 11.8 Å². The number of H-pyrrole nitrogens is 1. The first kappa shape index (κ1) is 19.3. The molecular formula is C20H21N5O3S. The smallest absolute Gasteiger partial charge is 0.230 e. The zero-order valence-electron chi connectivity index (χ0n) is 15.9. The molecule has 29 heavy (non-hydrogen) atoms. The highest BCUT2D eigenvalue weighted by molar-refractivity contribution is 7.99. The van der Waals surface area contributed by atoms with Crippen molar-refractivity contribution in [2.45, 2.75) is 11.7 Å². The minimum absolute atomic E-state index is 0.0757. The van der Waals surface area contributed by atoms with E-state index in [2.05, 4.69) is 20.5 Å². The molecule has 1 amide bonds. The van der Waals surface area contributed by atoms with Gasteiger partial charge in [-0.25, -0.2) is 0 Å². The summed E-state index contributed by atoms with van der Waals surface area (Å²) in [4.78, 5) is 15.3. The highest BCUT2D eigenvalue weighted by Gasteiger charge is 2.19. The topological polar surface area (TPSA) is 98.0 Å².